The van der Waals surface area contributed by atoms with Crippen LogP contribution in [0.4, 0.5) is 11.4 Å². The first-order valence-electron chi connectivity index (χ1n) is 7.24. The number of rotatable bonds is 3. The van der Waals surface area contributed by atoms with Gasteiger partial charge in [0, 0.05) is 20.1 Å². The highest BCUT2D eigenvalue weighted by Crippen LogP contribution is 2.33. The Morgan fingerprint density at radius 3 is 2.68 bits per heavy atom. The molecule has 0 fully saturated rings. The molecule has 1 aromatic carbocycles. The number of hydrogen-bond donors (Lipinski definition) is 1. The lowest BCUT2D eigenvalue weighted by Gasteiger charge is -2.25. The van der Waals surface area contributed by atoms with E-state index in [4.69, 9.17) is 10.3 Å². The van der Waals surface area contributed by atoms with Crippen molar-refractivity contribution in [3.8, 4) is 0 Å². The highest BCUT2D eigenvalue weighted by molar-refractivity contribution is 5.85. The molecule has 1 aromatic heterocycles. The summed E-state index contributed by atoms with van der Waals surface area (Å²) >= 11 is 0. The third-order valence-corrected chi connectivity index (χ3v) is 3.77. The minimum Gasteiger partial charge on any atom is -0.373 e. The molecule has 0 spiro atoms. The first-order chi connectivity index (χ1) is 10.2. The second-order valence-corrected chi connectivity index (χ2v) is 5.66. The van der Waals surface area contributed by atoms with Gasteiger partial charge in [0.1, 0.15) is 0 Å². The Labute approximate surface area is 136 Å². The SMILES string of the molecule is CC1CN(C)c2ccccc2N(Cc2noc(CN)n2)C1.Cl. The molecule has 1 unspecified atom stereocenters. The van der Waals surface area contributed by atoms with Gasteiger partial charge in [0.25, 0.3) is 0 Å². The quantitative estimate of drug-likeness (QED) is 0.932. The van der Waals surface area contributed by atoms with E-state index in [-0.39, 0.29) is 19.0 Å². The standard InChI is InChI=1S/C15H21N5O.ClH/c1-11-8-19(2)12-5-3-4-6-13(12)20(9-11)10-14-17-15(7-16)21-18-14;/h3-6,11H,7-10,16H2,1-2H3;1H. The largest absolute Gasteiger partial charge is 0.373 e. The highest BCUT2D eigenvalue weighted by atomic mass is 35.5. The Bertz CT molecular complexity index is 617. The molecule has 0 bridgehead atoms. The summed E-state index contributed by atoms with van der Waals surface area (Å²) in [4.78, 5) is 8.93. The molecule has 0 amide bonds. The number of benzene rings is 1. The molecule has 22 heavy (non-hydrogen) atoms. The summed E-state index contributed by atoms with van der Waals surface area (Å²) in [6.45, 7) is 5.18. The maximum atomic E-state index is 5.52. The third-order valence-electron chi connectivity index (χ3n) is 3.77. The van der Waals surface area contributed by atoms with Crippen molar-refractivity contribution < 1.29 is 4.52 Å². The Morgan fingerprint density at radius 2 is 2.00 bits per heavy atom. The molecular formula is C15H22ClN5O. The van der Waals surface area contributed by atoms with Crippen molar-refractivity contribution in [1.82, 2.24) is 10.1 Å². The predicted molar refractivity (Wildman–Crippen MR) is 89.4 cm³/mol. The Kier molecular flexibility index (Phi) is 5.26. The van der Waals surface area contributed by atoms with Crippen LogP contribution in [0.25, 0.3) is 0 Å². The lowest BCUT2D eigenvalue weighted by atomic mass is 10.1. The van der Waals surface area contributed by atoms with Gasteiger partial charge in [-0.1, -0.05) is 24.2 Å². The van der Waals surface area contributed by atoms with Gasteiger partial charge >= 0.3 is 0 Å². The molecule has 3 rings (SSSR count). The van der Waals surface area contributed by atoms with Crippen molar-refractivity contribution in [3.05, 3.63) is 36.0 Å². The number of halogens is 1. The second kappa shape index (κ2) is 6.98. The Hall–Kier alpha value is -1.79. The fraction of sp³-hybridized carbons (Fsp3) is 0.467. The van der Waals surface area contributed by atoms with Crippen LogP contribution in [0, 0.1) is 5.92 Å². The molecule has 2 aromatic rings. The van der Waals surface area contributed by atoms with Crippen LogP contribution < -0.4 is 15.5 Å². The van der Waals surface area contributed by atoms with Crippen molar-refractivity contribution in [2.75, 3.05) is 29.9 Å². The lowest BCUT2D eigenvalue weighted by molar-refractivity contribution is 0.374. The summed E-state index contributed by atoms with van der Waals surface area (Å²) in [6, 6.07) is 8.44. The topological polar surface area (TPSA) is 71.4 Å². The Balaban J connectivity index is 0.00000176. The summed E-state index contributed by atoms with van der Waals surface area (Å²) in [5.74, 6) is 1.73. The smallest absolute Gasteiger partial charge is 0.240 e. The van der Waals surface area contributed by atoms with Gasteiger partial charge in [-0.3, -0.25) is 0 Å². The minimum absolute atomic E-state index is 0. The van der Waals surface area contributed by atoms with E-state index in [0.29, 0.717) is 24.2 Å². The van der Waals surface area contributed by atoms with Gasteiger partial charge in [-0.2, -0.15) is 4.98 Å². The van der Waals surface area contributed by atoms with Crippen LogP contribution in [0.5, 0.6) is 0 Å². The fourth-order valence-electron chi connectivity index (χ4n) is 2.91. The molecule has 0 radical (unpaired) electrons. The minimum atomic E-state index is 0. The number of nitrogens with two attached hydrogens (primary N) is 1. The van der Waals surface area contributed by atoms with E-state index in [9.17, 15) is 0 Å². The molecule has 0 saturated carbocycles. The van der Waals surface area contributed by atoms with E-state index in [2.05, 4.69) is 58.2 Å². The second-order valence-electron chi connectivity index (χ2n) is 5.66. The zero-order valence-corrected chi connectivity index (χ0v) is 13.7. The average Bonchev–Trinajstić information content (AvgIpc) is 2.89. The van der Waals surface area contributed by atoms with Gasteiger partial charge in [0.15, 0.2) is 5.82 Å². The van der Waals surface area contributed by atoms with Crippen LogP contribution in [-0.2, 0) is 13.1 Å². The van der Waals surface area contributed by atoms with E-state index >= 15 is 0 Å². The summed E-state index contributed by atoms with van der Waals surface area (Å²) in [5, 5.41) is 4.01. The number of nitrogens with zero attached hydrogens (tertiary/aromatic N) is 4. The summed E-state index contributed by atoms with van der Waals surface area (Å²) < 4.78 is 5.10. The van der Waals surface area contributed by atoms with Gasteiger partial charge in [-0.15, -0.1) is 12.4 Å². The molecule has 120 valence electrons. The van der Waals surface area contributed by atoms with E-state index in [1.165, 1.54) is 11.4 Å². The van der Waals surface area contributed by atoms with Gasteiger partial charge in [0.2, 0.25) is 5.89 Å². The van der Waals surface area contributed by atoms with Crippen molar-refractivity contribution in [3.63, 3.8) is 0 Å². The van der Waals surface area contributed by atoms with Gasteiger partial charge in [0.05, 0.1) is 24.5 Å². The number of anilines is 2. The summed E-state index contributed by atoms with van der Waals surface area (Å²) in [7, 11) is 2.14. The van der Waals surface area contributed by atoms with E-state index < -0.39 is 0 Å². The molecular weight excluding hydrogens is 302 g/mol. The zero-order valence-electron chi connectivity index (χ0n) is 12.9. The summed E-state index contributed by atoms with van der Waals surface area (Å²) in [6.07, 6.45) is 0. The van der Waals surface area contributed by atoms with E-state index in [0.717, 1.165) is 13.1 Å². The van der Waals surface area contributed by atoms with Crippen LogP contribution in [0.15, 0.2) is 28.8 Å². The van der Waals surface area contributed by atoms with Crippen LogP contribution in [0.1, 0.15) is 18.6 Å². The monoisotopic (exact) mass is 323 g/mol. The summed E-state index contributed by atoms with van der Waals surface area (Å²) in [5.41, 5.74) is 7.97. The van der Waals surface area contributed by atoms with Crippen LogP contribution in [0.3, 0.4) is 0 Å². The van der Waals surface area contributed by atoms with Crippen LogP contribution in [0.2, 0.25) is 0 Å². The molecule has 0 saturated heterocycles. The number of aromatic nitrogens is 2. The van der Waals surface area contributed by atoms with Crippen LogP contribution >= 0.6 is 12.4 Å². The maximum absolute atomic E-state index is 5.52. The van der Waals surface area contributed by atoms with Gasteiger partial charge in [-0.25, -0.2) is 0 Å². The molecule has 2 N–H and O–H groups in total. The zero-order chi connectivity index (χ0) is 14.8. The first kappa shape index (κ1) is 16.6. The molecule has 1 aliphatic heterocycles. The molecule has 2 heterocycles. The predicted octanol–water partition coefficient (Wildman–Crippen LogP) is 2.04. The fourth-order valence-corrected chi connectivity index (χ4v) is 2.91. The number of fused-ring (bicyclic) bond motifs is 1. The molecule has 1 atom stereocenters. The van der Waals surface area contributed by atoms with Crippen molar-refractivity contribution in [2.45, 2.75) is 20.0 Å². The molecule has 7 heteroatoms. The van der Waals surface area contributed by atoms with Crippen molar-refractivity contribution >= 4 is 23.8 Å². The van der Waals surface area contributed by atoms with E-state index in [1.807, 2.05) is 0 Å². The number of para-hydroxylation sites is 2. The molecule has 6 nitrogen and oxygen atoms in total. The molecule has 0 aliphatic carbocycles. The first-order valence-corrected chi connectivity index (χ1v) is 7.24. The third kappa shape index (κ3) is 3.34. The van der Waals surface area contributed by atoms with Gasteiger partial charge in [-0.05, 0) is 18.1 Å². The van der Waals surface area contributed by atoms with Gasteiger partial charge < -0.3 is 20.1 Å². The normalized spacial score (nSPS) is 17.7. The van der Waals surface area contributed by atoms with E-state index in [1.54, 1.807) is 0 Å². The lowest BCUT2D eigenvalue weighted by Crippen LogP contribution is -2.29. The number of hydrogen-bond acceptors (Lipinski definition) is 6. The maximum Gasteiger partial charge on any atom is 0.240 e. The Morgan fingerprint density at radius 1 is 1.27 bits per heavy atom. The van der Waals surface area contributed by atoms with Crippen LogP contribution in [-0.4, -0.2) is 30.3 Å². The van der Waals surface area contributed by atoms with Crippen molar-refractivity contribution in [1.29, 1.82) is 0 Å². The highest BCUT2D eigenvalue weighted by Gasteiger charge is 2.23. The average molecular weight is 324 g/mol. The van der Waals surface area contributed by atoms with Crippen molar-refractivity contribution in [2.24, 2.45) is 11.7 Å². The molecule has 1 aliphatic rings.